The molecular formula is C117H98N4O4+4. The van der Waals surface area contributed by atoms with Crippen LogP contribution in [-0.4, -0.2) is 0 Å². The zero-order valence-corrected chi connectivity index (χ0v) is 72.4. The lowest BCUT2D eigenvalue weighted by Crippen LogP contribution is -2.31. The summed E-state index contributed by atoms with van der Waals surface area (Å²) in [6.45, 7) is 13.9. The van der Waals surface area contributed by atoms with Crippen LogP contribution < -0.4 is 18.3 Å². The highest BCUT2D eigenvalue weighted by atomic mass is 16.3. The summed E-state index contributed by atoms with van der Waals surface area (Å²) in [7, 11) is 7.89. The fourth-order valence-electron chi connectivity index (χ4n) is 19.7. The molecule has 8 heterocycles. The maximum absolute atomic E-state index is 8.87. The van der Waals surface area contributed by atoms with Crippen molar-refractivity contribution in [2.75, 3.05) is 0 Å². The summed E-state index contributed by atoms with van der Waals surface area (Å²) >= 11 is 0. The first-order valence-corrected chi connectivity index (χ1v) is 42.8. The first-order valence-electron chi connectivity index (χ1n) is 46.8. The van der Waals surface area contributed by atoms with E-state index in [1.54, 1.807) is 18.5 Å². The highest BCUT2D eigenvalue weighted by Crippen LogP contribution is 2.50. The van der Waals surface area contributed by atoms with E-state index in [0.29, 0.717) is 16.7 Å². The molecule has 0 N–H and O–H groups in total. The van der Waals surface area contributed by atoms with E-state index in [0.717, 1.165) is 149 Å². The number of rotatable bonds is 5. The third-order valence-electron chi connectivity index (χ3n) is 25.5. The largest absolute Gasteiger partial charge is 0.454 e. The molecule has 0 saturated heterocycles. The van der Waals surface area contributed by atoms with Crippen molar-refractivity contribution >= 4 is 174 Å². The van der Waals surface area contributed by atoms with Crippen LogP contribution in [0.25, 0.3) is 219 Å². The molecule has 0 amide bonds. The molecule has 0 bridgehead atoms. The topological polar surface area (TPSA) is 68.1 Å². The Morgan fingerprint density at radius 3 is 0.872 bits per heavy atom. The average Bonchev–Trinajstić information content (AvgIpc) is 1.58. The number of furan rings is 4. The molecule has 24 aromatic rings. The molecule has 8 aromatic heterocycles. The van der Waals surface area contributed by atoms with Crippen LogP contribution in [0.2, 0.25) is 0 Å². The Labute approximate surface area is 737 Å². The second-order valence-corrected chi connectivity index (χ2v) is 34.9. The molecule has 0 saturated carbocycles. The second-order valence-electron chi connectivity index (χ2n) is 34.9. The summed E-state index contributed by atoms with van der Waals surface area (Å²) in [6.07, 6.45) is 6.01. The van der Waals surface area contributed by atoms with Crippen LogP contribution >= 0.6 is 0 Å². The molecule has 0 aliphatic rings. The first kappa shape index (κ1) is 69.0. The van der Waals surface area contributed by atoms with Crippen LogP contribution in [0.3, 0.4) is 0 Å². The molecule has 606 valence electrons. The number of aromatic nitrogens is 4. The van der Waals surface area contributed by atoms with Crippen molar-refractivity contribution < 1.29 is 46.9 Å². The first-order chi connectivity index (χ1) is 63.8. The summed E-state index contributed by atoms with van der Waals surface area (Å²) < 4.78 is 99.5. The number of hydrogen-bond donors (Lipinski definition) is 0. The van der Waals surface area contributed by atoms with Gasteiger partial charge in [0.15, 0.2) is 24.8 Å². The normalized spacial score (nSPS) is 13.3. The highest BCUT2D eigenvalue weighted by molar-refractivity contribution is 6.35. The molecule has 24 rings (SSSR count). The van der Waals surface area contributed by atoms with Crippen LogP contribution in [-0.2, 0) is 34.6 Å². The fraction of sp³-hybridized carbons (Fsp3) is 0.145. The SMILES string of the molecule is Cc1cc[n+](C)c(-c2c(C)ccc3c2oc2c4ccccc4c4ccccc4c32)c1.[2H]C([2H])([2H])c1c[n+](C)c(-c2c(C)ccc3c2oc2c4ccccc4c4ccccc4c32)cc1C.[2H]C([2H])([2H])c1ccc(-c2c(C)ccc3c2oc2c4ccccc4c4ccccc4c32)[n+](C)c1.[2H]C([2H])(c1cc[n+](C)c(-c2c(C)ccc3c2oc2c4ccccc4c4ccccc4c32)c1)C(C)(C)C. The Balaban J connectivity index is 0.000000107. The minimum Gasteiger partial charge on any atom is -0.454 e. The minimum absolute atomic E-state index is 0.320. The Kier molecular flexibility index (Phi) is 16.7. The van der Waals surface area contributed by atoms with Gasteiger partial charge in [-0.3, -0.25) is 0 Å². The van der Waals surface area contributed by atoms with Gasteiger partial charge in [0.25, 0.3) is 0 Å². The average molecular weight is 1630 g/mol. The van der Waals surface area contributed by atoms with Gasteiger partial charge < -0.3 is 17.7 Å². The van der Waals surface area contributed by atoms with Crippen molar-refractivity contribution in [2.24, 2.45) is 33.6 Å². The van der Waals surface area contributed by atoms with E-state index in [4.69, 9.17) is 28.6 Å². The smallest absolute Gasteiger partial charge is 0.216 e. The van der Waals surface area contributed by atoms with Gasteiger partial charge in [0.05, 0.1) is 22.3 Å². The van der Waals surface area contributed by atoms with Crippen LogP contribution in [0.1, 0.15) is 81.8 Å². The summed E-state index contributed by atoms with van der Waals surface area (Å²) in [5.41, 5.74) is 22.5. The number of fused-ring (bicyclic) bond motifs is 32. The Hall–Kier alpha value is -14.6. The van der Waals surface area contributed by atoms with Gasteiger partial charge in [-0.1, -0.05) is 263 Å². The standard InChI is InChI=1S/C32H30NO.C29H24NO.2C28H22NO/c1-20-14-15-26-29-24-12-8-6-10-22(24)23-11-7-9-13-25(23)30(29)34-31(26)28(20)27-18-21(16-17-33(27)5)19-32(2,3)4;1-17-13-14-24-27-22-11-7-5-9-20(22)21-10-6-8-12-23(21)28(27)31-29(24)26(17)25-15-18(2)19(3)16-30(25)4;1-17-12-15-24(29(3)16-17)25-18(2)13-14-23-26-21-10-6-4-8-19(21)20-9-5-7-11-22(20)27(26)30-28(23)25;1-17-14-15-29(3)24(16-17)25-18(2)12-13-23-26-21-10-6-4-8-19(21)20-9-5-7-11-22(20)27(26)30-28(23)25/h6-18H,19H2,1-5H3;5-16H,1-4H3;2*4-16H,1-3H3/q4*+1/i19D2;3D3;1D3;. The Bertz CT molecular complexity index is 9030. The molecule has 0 aliphatic heterocycles. The van der Waals surface area contributed by atoms with Crippen molar-refractivity contribution in [1.82, 2.24) is 0 Å². The van der Waals surface area contributed by atoms with Crippen molar-refractivity contribution in [3.63, 3.8) is 0 Å². The quantitative estimate of drug-likeness (QED) is 0.127. The summed E-state index contributed by atoms with van der Waals surface area (Å²) in [5.74, 6) is 0. The maximum Gasteiger partial charge on any atom is 0.216 e. The van der Waals surface area contributed by atoms with Crippen LogP contribution in [0, 0.1) is 60.7 Å². The second kappa shape index (κ2) is 30.2. The van der Waals surface area contributed by atoms with Crippen molar-refractivity contribution in [1.29, 1.82) is 0 Å². The van der Waals surface area contributed by atoms with Gasteiger partial charge in [0.1, 0.15) is 72.9 Å². The molecule has 0 atom stereocenters. The van der Waals surface area contributed by atoms with Crippen molar-refractivity contribution in [3.05, 3.63) is 360 Å². The zero-order valence-electron chi connectivity index (χ0n) is 80.4. The monoisotopic (exact) mass is 1630 g/mol. The molecule has 125 heavy (non-hydrogen) atoms. The predicted octanol–water partition coefficient (Wildman–Crippen LogP) is 29.6. The number of aryl methyl sites for hydroxylation is 12. The molecule has 0 unspecified atom stereocenters. The summed E-state index contributed by atoms with van der Waals surface area (Å²) in [6, 6.07) is 99.0. The number of pyridine rings is 4. The van der Waals surface area contributed by atoms with Gasteiger partial charge in [0, 0.05) is 123 Å². The lowest BCUT2D eigenvalue weighted by atomic mass is 9.87. The van der Waals surface area contributed by atoms with Gasteiger partial charge in [-0.05, 0) is 177 Å². The van der Waals surface area contributed by atoms with Crippen LogP contribution in [0.5, 0.6) is 0 Å². The third-order valence-corrected chi connectivity index (χ3v) is 25.5. The van der Waals surface area contributed by atoms with E-state index in [2.05, 4.69) is 300 Å². The van der Waals surface area contributed by atoms with E-state index in [-0.39, 0.29) is 0 Å². The highest BCUT2D eigenvalue weighted by Gasteiger charge is 2.30. The molecule has 0 fully saturated rings. The molecular weight excluding hydrogens is 1530 g/mol. The number of nitrogens with zero attached hydrogens (tertiary/aromatic N) is 4. The Morgan fingerprint density at radius 2 is 0.544 bits per heavy atom. The van der Waals surface area contributed by atoms with E-state index in [9.17, 15) is 0 Å². The molecule has 0 aliphatic carbocycles. The lowest BCUT2D eigenvalue weighted by Gasteiger charge is -2.18. The zero-order chi connectivity index (χ0) is 92.5. The predicted molar refractivity (Wildman–Crippen MR) is 522 cm³/mol. The fourth-order valence-corrected chi connectivity index (χ4v) is 19.7. The van der Waals surface area contributed by atoms with Crippen molar-refractivity contribution in [3.8, 4) is 45.0 Å². The van der Waals surface area contributed by atoms with Gasteiger partial charge in [-0.2, -0.15) is 0 Å². The molecule has 16 aromatic carbocycles. The lowest BCUT2D eigenvalue weighted by molar-refractivity contribution is -0.660. The van der Waals surface area contributed by atoms with E-state index < -0.39 is 25.5 Å². The van der Waals surface area contributed by atoms with E-state index in [1.165, 1.54) is 103 Å². The molecule has 8 heteroatoms. The minimum atomic E-state index is -2.15. The molecule has 0 radical (unpaired) electrons. The van der Waals surface area contributed by atoms with E-state index in [1.807, 2.05) is 101 Å². The summed E-state index contributed by atoms with van der Waals surface area (Å²) in [5, 5.41) is 27.8. The van der Waals surface area contributed by atoms with Gasteiger partial charge >= 0.3 is 0 Å². The molecule has 0 spiro atoms. The summed E-state index contributed by atoms with van der Waals surface area (Å²) in [4.78, 5) is 0. The van der Waals surface area contributed by atoms with Crippen LogP contribution in [0.4, 0.5) is 0 Å². The van der Waals surface area contributed by atoms with Gasteiger partial charge in [-0.15, -0.1) is 0 Å². The molecule has 8 nitrogen and oxygen atoms in total. The van der Waals surface area contributed by atoms with E-state index >= 15 is 0 Å². The number of hydrogen-bond acceptors (Lipinski definition) is 4. The maximum atomic E-state index is 8.87. The number of benzene rings is 16. The van der Waals surface area contributed by atoms with Crippen LogP contribution in [0.15, 0.2) is 328 Å². The third kappa shape index (κ3) is 12.8. The van der Waals surface area contributed by atoms with Crippen molar-refractivity contribution in [2.45, 2.75) is 82.4 Å². The Morgan fingerprint density at radius 1 is 0.248 bits per heavy atom. The van der Waals surface area contributed by atoms with Gasteiger partial charge in [0.2, 0.25) is 22.8 Å². The van der Waals surface area contributed by atoms with Gasteiger partial charge in [-0.25, -0.2) is 18.3 Å².